The van der Waals surface area contributed by atoms with Gasteiger partial charge in [0.05, 0.1) is 15.6 Å². The molecule has 0 spiro atoms. The zero-order chi connectivity index (χ0) is 13.7. The molecule has 0 radical (unpaired) electrons. The molecule has 0 bridgehead atoms. The summed E-state index contributed by atoms with van der Waals surface area (Å²) in [7, 11) is 0. The molecule has 0 aliphatic carbocycles. The Kier molecular flexibility index (Phi) is 4.59. The molecule has 1 N–H and O–H groups in total. The quantitative estimate of drug-likeness (QED) is 0.651. The SMILES string of the molecule is CCc1nc(CNCc2cccc([N+](=O)[O-])c2)cs1. The summed E-state index contributed by atoms with van der Waals surface area (Å²) >= 11 is 1.66. The van der Waals surface area contributed by atoms with Gasteiger partial charge in [-0.15, -0.1) is 11.3 Å². The van der Waals surface area contributed by atoms with Crippen molar-refractivity contribution in [3.8, 4) is 0 Å². The normalized spacial score (nSPS) is 10.6. The van der Waals surface area contributed by atoms with E-state index in [2.05, 4.69) is 17.2 Å². The van der Waals surface area contributed by atoms with Crippen LogP contribution >= 0.6 is 11.3 Å². The number of aryl methyl sites for hydroxylation is 1. The highest BCUT2D eigenvalue weighted by atomic mass is 32.1. The molecule has 1 aromatic carbocycles. The summed E-state index contributed by atoms with van der Waals surface area (Å²) in [5.41, 5.74) is 2.05. The van der Waals surface area contributed by atoms with E-state index in [1.54, 1.807) is 23.5 Å². The standard InChI is InChI=1S/C13H15N3O2S/c1-2-13-15-11(9-19-13)8-14-7-10-4-3-5-12(6-10)16(17)18/h3-6,9,14H,2,7-8H2,1H3. The minimum Gasteiger partial charge on any atom is -0.307 e. The van der Waals surface area contributed by atoms with Crippen molar-refractivity contribution in [3.63, 3.8) is 0 Å². The van der Waals surface area contributed by atoms with E-state index >= 15 is 0 Å². The number of thiazole rings is 1. The third-order valence-electron chi connectivity index (χ3n) is 2.66. The van der Waals surface area contributed by atoms with Crippen molar-refractivity contribution in [1.82, 2.24) is 10.3 Å². The summed E-state index contributed by atoms with van der Waals surface area (Å²) in [6.45, 7) is 3.36. The van der Waals surface area contributed by atoms with Gasteiger partial charge in [0.2, 0.25) is 0 Å². The van der Waals surface area contributed by atoms with Crippen LogP contribution in [0.4, 0.5) is 5.69 Å². The van der Waals surface area contributed by atoms with E-state index in [1.165, 1.54) is 6.07 Å². The van der Waals surface area contributed by atoms with E-state index in [1.807, 2.05) is 11.4 Å². The van der Waals surface area contributed by atoms with E-state index in [0.717, 1.165) is 22.7 Å². The third-order valence-corrected chi connectivity index (χ3v) is 3.70. The zero-order valence-electron chi connectivity index (χ0n) is 10.6. The van der Waals surface area contributed by atoms with Crippen molar-refractivity contribution in [2.75, 3.05) is 0 Å². The number of nitro benzene ring substituents is 1. The number of hydrogen-bond acceptors (Lipinski definition) is 5. The first-order valence-corrected chi connectivity index (χ1v) is 6.94. The van der Waals surface area contributed by atoms with Crippen LogP contribution in [-0.4, -0.2) is 9.91 Å². The summed E-state index contributed by atoms with van der Waals surface area (Å²) in [5.74, 6) is 0. The maximum atomic E-state index is 10.7. The van der Waals surface area contributed by atoms with Crippen molar-refractivity contribution in [2.24, 2.45) is 0 Å². The lowest BCUT2D eigenvalue weighted by molar-refractivity contribution is -0.384. The van der Waals surface area contributed by atoms with Crippen LogP contribution in [0.5, 0.6) is 0 Å². The minimum atomic E-state index is -0.378. The Labute approximate surface area is 115 Å². The Morgan fingerprint density at radius 2 is 2.26 bits per heavy atom. The van der Waals surface area contributed by atoms with Gasteiger partial charge in [0, 0.05) is 30.6 Å². The molecule has 6 heteroatoms. The van der Waals surface area contributed by atoms with Crippen molar-refractivity contribution < 1.29 is 4.92 Å². The van der Waals surface area contributed by atoms with Crippen molar-refractivity contribution >= 4 is 17.0 Å². The summed E-state index contributed by atoms with van der Waals surface area (Å²) in [4.78, 5) is 14.7. The monoisotopic (exact) mass is 277 g/mol. The van der Waals surface area contributed by atoms with Gasteiger partial charge in [-0.3, -0.25) is 10.1 Å². The van der Waals surface area contributed by atoms with Crippen molar-refractivity contribution in [3.05, 3.63) is 56.0 Å². The van der Waals surface area contributed by atoms with Gasteiger partial charge in [-0.1, -0.05) is 19.1 Å². The Bertz CT molecular complexity index is 569. The molecule has 0 atom stereocenters. The average Bonchev–Trinajstić information content (AvgIpc) is 2.87. The van der Waals surface area contributed by atoms with Gasteiger partial charge in [-0.25, -0.2) is 4.98 Å². The molecule has 0 aliphatic heterocycles. The van der Waals surface area contributed by atoms with Gasteiger partial charge in [-0.05, 0) is 12.0 Å². The van der Waals surface area contributed by atoms with Crippen LogP contribution in [0.3, 0.4) is 0 Å². The van der Waals surface area contributed by atoms with Gasteiger partial charge < -0.3 is 5.32 Å². The molecular formula is C13H15N3O2S. The summed E-state index contributed by atoms with van der Waals surface area (Å²) in [6, 6.07) is 6.66. The molecule has 2 rings (SSSR count). The maximum Gasteiger partial charge on any atom is 0.269 e. The van der Waals surface area contributed by atoms with Crippen molar-refractivity contribution in [2.45, 2.75) is 26.4 Å². The Balaban J connectivity index is 1.88. The molecule has 100 valence electrons. The first kappa shape index (κ1) is 13.6. The lowest BCUT2D eigenvalue weighted by Gasteiger charge is -2.03. The molecule has 0 fully saturated rings. The molecule has 1 aromatic heterocycles. The van der Waals surface area contributed by atoms with Crippen LogP contribution < -0.4 is 5.32 Å². The van der Waals surface area contributed by atoms with Crippen LogP contribution in [0.25, 0.3) is 0 Å². The molecule has 1 heterocycles. The lowest BCUT2D eigenvalue weighted by atomic mass is 10.2. The Morgan fingerprint density at radius 1 is 1.42 bits per heavy atom. The van der Waals surface area contributed by atoms with E-state index in [4.69, 9.17) is 0 Å². The highest BCUT2D eigenvalue weighted by molar-refractivity contribution is 7.09. The maximum absolute atomic E-state index is 10.7. The molecule has 0 amide bonds. The molecule has 0 aliphatic rings. The van der Waals surface area contributed by atoms with Crippen LogP contribution in [0.2, 0.25) is 0 Å². The summed E-state index contributed by atoms with van der Waals surface area (Å²) in [5, 5.41) is 17.1. The number of nitro groups is 1. The van der Waals surface area contributed by atoms with Gasteiger partial charge in [-0.2, -0.15) is 0 Å². The van der Waals surface area contributed by atoms with E-state index in [-0.39, 0.29) is 10.6 Å². The Hall–Kier alpha value is -1.79. The molecule has 2 aromatic rings. The van der Waals surface area contributed by atoms with Crippen LogP contribution in [0.15, 0.2) is 29.6 Å². The Morgan fingerprint density at radius 3 is 2.95 bits per heavy atom. The van der Waals surface area contributed by atoms with Crippen LogP contribution in [-0.2, 0) is 19.5 Å². The van der Waals surface area contributed by atoms with Gasteiger partial charge >= 0.3 is 0 Å². The van der Waals surface area contributed by atoms with Gasteiger partial charge in [0.15, 0.2) is 0 Å². The number of benzene rings is 1. The molecule has 0 saturated heterocycles. The largest absolute Gasteiger partial charge is 0.307 e. The smallest absolute Gasteiger partial charge is 0.269 e. The number of hydrogen-bond donors (Lipinski definition) is 1. The molecule has 0 saturated carbocycles. The number of aromatic nitrogens is 1. The number of rotatable bonds is 6. The van der Waals surface area contributed by atoms with E-state index in [9.17, 15) is 10.1 Å². The van der Waals surface area contributed by atoms with Crippen molar-refractivity contribution in [1.29, 1.82) is 0 Å². The average molecular weight is 277 g/mol. The number of nitrogens with zero attached hydrogens (tertiary/aromatic N) is 2. The second-order valence-electron chi connectivity index (χ2n) is 4.12. The van der Waals surface area contributed by atoms with E-state index < -0.39 is 0 Å². The van der Waals surface area contributed by atoms with E-state index in [0.29, 0.717) is 13.1 Å². The minimum absolute atomic E-state index is 0.126. The number of nitrogens with one attached hydrogen (secondary N) is 1. The van der Waals surface area contributed by atoms with Gasteiger partial charge in [0.25, 0.3) is 5.69 Å². The topological polar surface area (TPSA) is 68.1 Å². The second-order valence-corrected chi connectivity index (χ2v) is 5.06. The molecule has 5 nitrogen and oxygen atoms in total. The third kappa shape index (κ3) is 3.84. The highest BCUT2D eigenvalue weighted by Crippen LogP contribution is 2.13. The van der Waals surface area contributed by atoms with Crippen LogP contribution in [0, 0.1) is 10.1 Å². The first-order chi connectivity index (χ1) is 9.19. The molecule has 0 unspecified atom stereocenters. The van der Waals surface area contributed by atoms with Crippen LogP contribution in [0.1, 0.15) is 23.2 Å². The predicted molar refractivity (Wildman–Crippen MR) is 75.1 cm³/mol. The highest BCUT2D eigenvalue weighted by Gasteiger charge is 2.05. The fourth-order valence-electron chi connectivity index (χ4n) is 1.71. The number of non-ortho nitro benzene ring substituents is 1. The second kappa shape index (κ2) is 6.40. The molecule has 19 heavy (non-hydrogen) atoms. The van der Waals surface area contributed by atoms with Gasteiger partial charge in [0.1, 0.15) is 0 Å². The molecular weight excluding hydrogens is 262 g/mol. The fourth-order valence-corrected chi connectivity index (χ4v) is 2.45. The summed E-state index contributed by atoms with van der Waals surface area (Å²) in [6.07, 6.45) is 0.954. The fraction of sp³-hybridized carbons (Fsp3) is 0.308. The first-order valence-electron chi connectivity index (χ1n) is 6.06. The summed E-state index contributed by atoms with van der Waals surface area (Å²) < 4.78 is 0. The lowest BCUT2D eigenvalue weighted by Crippen LogP contribution is -2.13. The predicted octanol–water partition coefficient (Wildman–Crippen LogP) is 2.90. The zero-order valence-corrected chi connectivity index (χ0v) is 11.4.